The third kappa shape index (κ3) is 9.60. The first-order chi connectivity index (χ1) is 7.72. The van der Waals surface area contributed by atoms with Crippen LogP contribution in [0, 0.1) is 0 Å². The SMILES string of the molecule is C=C(C)C(=O)OCCCCC(=O)OC(C)(C)C. The van der Waals surface area contributed by atoms with Crippen molar-refractivity contribution in [2.45, 2.75) is 52.6 Å². The van der Waals surface area contributed by atoms with Gasteiger partial charge < -0.3 is 9.47 Å². The van der Waals surface area contributed by atoms with Crippen LogP contribution >= 0.6 is 0 Å². The Bertz CT molecular complexity index is 286. The average molecular weight is 242 g/mol. The van der Waals surface area contributed by atoms with Crippen LogP contribution in [0.15, 0.2) is 12.2 Å². The lowest BCUT2D eigenvalue weighted by Gasteiger charge is -2.19. The van der Waals surface area contributed by atoms with Crippen molar-refractivity contribution in [2.24, 2.45) is 0 Å². The molecule has 0 fully saturated rings. The third-order valence-corrected chi connectivity index (χ3v) is 1.78. The smallest absolute Gasteiger partial charge is 0.333 e. The summed E-state index contributed by atoms with van der Waals surface area (Å²) in [6.45, 7) is 10.9. The van der Waals surface area contributed by atoms with Crippen molar-refractivity contribution in [3.8, 4) is 0 Å². The predicted octanol–water partition coefficient (Wildman–Crippen LogP) is 2.62. The molecule has 0 aliphatic heterocycles. The molecule has 0 N–H and O–H groups in total. The molecule has 0 saturated carbocycles. The van der Waals surface area contributed by atoms with E-state index in [0.717, 1.165) is 0 Å². The highest BCUT2D eigenvalue weighted by Crippen LogP contribution is 2.09. The summed E-state index contributed by atoms with van der Waals surface area (Å²) in [5.74, 6) is -0.606. The first-order valence-electron chi connectivity index (χ1n) is 5.77. The molecule has 0 atom stereocenters. The van der Waals surface area contributed by atoms with Crippen molar-refractivity contribution < 1.29 is 19.1 Å². The maximum Gasteiger partial charge on any atom is 0.333 e. The Morgan fingerprint density at radius 1 is 1.18 bits per heavy atom. The van der Waals surface area contributed by atoms with E-state index in [2.05, 4.69) is 6.58 Å². The third-order valence-electron chi connectivity index (χ3n) is 1.78. The standard InChI is InChI=1S/C13H22O4/c1-10(2)12(15)16-9-7-6-8-11(14)17-13(3,4)5/h1,6-9H2,2-5H3. The quantitative estimate of drug-likeness (QED) is 0.408. The van der Waals surface area contributed by atoms with Gasteiger partial charge in [0.2, 0.25) is 0 Å². The maximum atomic E-state index is 11.3. The Morgan fingerprint density at radius 3 is 2.24 bits per heavy atom. The number of rotatable bonds is 6. The van der Waals surface area contributed by atoms with Gasteiger partial charge >= 0.3 is 11.9 Å². The highest BCUT2D eigenvalue weighted by molar-refractivity contribution is 5.86. The topological polar surface area (TPSA) is 52.6 Å². The fourth-order valence-corrected chi connectivity index (χ4v) is 1.05. The molecule has 4 nitrogen and oxygen atoms in total. The Morgan fingerprint density at radius 2 is 1.76 bits per heavy atom. The van der Waals surface area contributed by atoms with Crippen LogP contribution in [-0.2, 0) is 19.1 Å². The minimum atomic E-state index is -0.441. The zero-order chi connectivity index (χ0) is 13.5. The van der Waals surface area contributed by atoms with Crippen LogP contribution in [-0.4, -0.2) is 24.1 Å². The number of esters is 2. The zero-order valence-corrected chi connectivity index (χ0v) is 11.2. The van der Waals surface area contributed by atoms with Crippen molar-refractivity contribution in [3.05, 3.63) is 12.2 Å². The van der Waals surface area contributed by atoms with Crippen molar-refractivity contribution in [1.29, 1.82) is 0 Å². The van der Waals surface area contributed by atoms with Crippen LogP contribution in [0.3, 0.4) is 0 Å². The number of carbonyl (C=O) groups is 2. The van der Waals surface area contributed by atoms with Gasteiger partial charge in [-0.3, -0.25) is 4.79 Å². The van der Waals surface area contributed by atoms with Crippen LogP contribution in [0.5, 0.6) is 0 Å². The Balaban J connectivity index is 3.56. The lowest BCUT2D eigenvalue weighted by atomic mass is 10.2. The van der Waals surface area contributed by atoms with Crippen molar-refractivity contribution in [1.82, 2.24) is 0 Å². The van der Waals surface area contributed by atoms with E-state index in [9.17, 15) is 9.59 Å². The molecule has 0 aromatic rings. The molecular formula is C13H22O4. The highest BCUT2D eigenvalue weighted by atomic mass is 16.6. The van der Waals surface area contributed by atoms with Crippen LogP contribution < -0.4 is 0 Å². The van der Waals surface area contributed by atoms with E-state index in [-0.39, 0.29) is 11.9 Å². The van der Waals surface area contributed by atoms with Crippen molar-refractivity contribution >= 4 is 11.9 Å². The molecule has 17 heavy (non-hydrogen) atoms. The van der Waals surface area contributed by atoms with Gasteiger partial charge in [0.05, 0.1) is 6.61 Å². The summed E-state index contributed by atoms with van der Waals surface area (Å²) >= 11 is 0. The van der Waals surface area contributed by atoms with Crippen molar-refractivity contribution in [3.63, 3.8) is 0 Å². The predicted molar refractivity (Wildman–Crippen MR) is 65.5 cm³/mol. The molecule has 0 aromatic heterocycles. The lowest BCUT2D eigenvalue weighted by molar-refractivity contribution is -0.154. The number of unbranched alkanes of at least 4 members (excludes halogenated alkanes) is 1. The number of carbonyl (C=O) groups excluding carboxylic acids is 2. The zero-order valence-electron chi connectivity index (χ0n) is 11.2. The summed E-state index contributed by atoms with van der Waals surface area (Å²) in [5.41, 5.74) is -0.0547. The molecule has 0 amide bonds. The molecule has 0 saturated heterocycles. The van der Waals surface area contributed by atoms with E-state index < -0.39 is 5.60 Å². The second kappa shape index (κ2) is 7.09. The molecule has 0 radical (unpaired) electrons. The van der Waals surface area contributed by atoms with Crippen LogP contribution in [0.1, 0.15) is 47.0 Å². The Labute approximate surface area is 103 Å². The monoisotopic (exact) mass is 242 g/mol. The second-order valence-electron chi connectivity index (χ2n) is 4.96. The van der Waals surface area contributed by atoms with Gasteiger partial charge in [0, 0.05) is 12.0 Å². The van der Waals surface area contributed by atoms with Gasteiger partial charge in [0.25, 0.3) is 0 Å². The number of hydrogen-bond donors (Lipinski definition) is 0. The maximum absolute atomic E-state index is 11.3. The summed E-state index contributed by atoms with van der Waals surface area (Å²) < 4.78 is 10.0. The van der Waals surface area contributed by atoms with E-state index in [4.69, 9.17) is 9.47 Å². The second-order valence-corrected chi connectivity index (χ2v) is 4.96. The van der Waals surface area contributed by atoms with Crippen LogP contribution in [0.25, 0.3) is 0 Å². The minimum absolute atomic E-state index is 0.219. The van der Waals surface area contributed by atoms with E-state index in [1.54, 1.807) is 6.92 Å². The van der Waals surface area contributed by atoms with Gasteiger partial charge in [-0.05, 0) is 40.5 Å². The Kier molecular flexibility index (Phi) is 6.54. The molecule has 0 bridgehead atoms. The van der Waals surface area contributed by atoms with Crippen LogP contribution in [0.4, 0.5) is 0 Å². The van der Waals surface area contributed by atoms with E-state index in [1.807, 2.05) is 20.8 Å². The summed E-state index contributed by atoms with van der Waals surface area (Å²) in [7, 11) is 0. The number of hydrogen-bond acceptors (Lipinski definition) is 4. The van der Waals surface area contributed by atoms with Gasteiger partial charge in [-0.25, -0.2) is 4.79 Å². The normalized spacial score (nSPS) is 10.8. The van der Waals surface area contributed by atoms with Gasteiger partial charge in [-0.2, -0.15) is 0 Å². The van der Waals surface area contributed by atoms with Gasteiger partial charge in [0.1, 0.15) is 5.60 Å². The molecule has 0 rings (SSSR count). The van der Waals surface area contributed by atoms with E-state index >= 15 is 0 Å². The summed E-state index contributed by atoms with van der Waals surface area (Å²) in [6.07, 6.45) is 1.65. The Hall–Kier alpha value is -1.32. The molecule has 98 valence electrons. The summed E-state index contributed by atoms with van der Waals surface area (Å²) in [4.78, 5) is 22.3. The van der Waals surface area contributed by atoms with Gasteiger partial charge in [-0.15, -0.1) is 0 Å². The molecule has 0 heterocycles. The fraction of sp³-hybridized carbons (Fsp3) is 0.692. The molecule has 0 aromatic carbocycles. The van der Waals surface area contributed by atoms with Crippen LogP contribution in [0.2, 0.25) is 0 Å². The van der Waals surface area contributed by atoms with E-state index in [0.29, 0.717) is 31.4 Å². The van der Waals surface area contributed by atoms with Gasteiger partial charge in [-0.1, -0.05) is 6.58 Å². The number of ether oxygens (including phenoxy) is 2. The average Bonchev–Trinajstić information content (AvgIpc) is 2.13. The van der Waals surface area contributed by atoms with Crippen molar-refractivity contribution in [2.75, 3.05) is 6.61 Å². The molecule has 0 aliphatic carbocycles. The highest BCUT2D eigenvalue weighted by Gasteiger charge is 2.15. The molecule has 0 unspecified atom stereocenters. The molecule has 0 aliphatic rings. The minimum Gasteiger partial charge on any atom is -0.462 e. The first-order valence-corrected chi connectivity index (χ1v) is 5.77. The molecule has 0 spiro atoms. The lowest BCUT2D eigenvalue weighted by Crippen LogP contribution is -2.23. The fourth-order valence-electron chi connectivity index (χ4n) is 1.05. The van der Waals surface area contributed by atoms with E-state index in [1.165, 1.54) is 0 Å². The summed E-state index contributed by atoms with van der Waals surface area (Å²) in [5, 5.41) is 0. The molecule has 4 heteroatoms. The summed E-state index contributed by atoms with van der Waals surface area (Å²) in [6, 6.07) is 0. The first kappa shape index (κ1) is 15.7. The largest absolute Gasteiger partial charge is 0.462 e. The molecular weight excluding hydrogens is 220 g/mol. The van der Waals surface area contributed by atoms with Gasteiger partial charge in [0.15, 0.2) is 0 Å².